The zero-order valence-electron chi connectivity index (χ0n) is 9.42. The van der Waals surface area contributed by atoms with Crippen molar-refractivity contribution >= 4 is 0 Å². The smallest absolute Gasteiger partial charge is 0.0276 e. The number of benzene rings is 1. The molecule has 0 radical (unpaired) electrons. The van der Waals surface area contributed by atoms with Gasteiger partial charge in [-0.05, 0) is 37.8 Å². The van der Waals surface area contributed by atoms with Crippen LogP contribution in [-0.2, 0) is 5.41 Å². The second kappa shape index (κ2) is 3.08. The molecule has 1 heterocycles. The zero-order chi connectivity index (χ0) is 10.4. The van der Waals surface area contributed by atoms with Crippen molar-refractivity contribution in [1.29, 1.82) is 0 Å². The highest BCUT2D eigenvalue weighted by Gasteiger charge is 2.57. The highest BCUT2D eigenvalue weighted by Crippen LogP contribution is 2.55. The second-order valence-corrected chi connectivity index (χ2v) is 5.31. The molecule has 1 atom stereocenters. The van der Waals surface area contributed by atoms with E-state index < -0.39 is 0 Å². The first-order chi connectivity index (χ1) is 7.27. The first-order valence-corrected chi connectivity index (χ1v) is 6.07. The van der Waals surface area contributed by atoms with Crippen LogP contribution in [0.3, 0.4) is 0 Å². The number of piperidine rings is 1. The summed E-state index contributed by atoms with van der Waals surface area (Å²) in [7, 11) is 0. The third-order valence-electron chi connectivity index (χ3n) is 4.53. The summed E-state index contributed by atoms with van der Waals surface area (Å²) in [5, 5.41) is 3.76. The molecule has 0 amide bonds. The van der Waals surface area contributed by atoms with E-state index in [9.17, 15) is 0 Å². The van der Waals surface area contributed by atoms with E-state index in [1.165, 1.54) is 37.8 Å². The van der Waals surface area contributed by atoms with Crippen molar-refractivity contribution in [1.82, 2.24) is 5.32 Å². The molecule has 1 heteroatoms. The lowest BCUT2D eigenvalue weighted by atomic mass is 9.68. The quantitative estimate of drug-likeness (QED) is 0.736. The molecule has 1 spiro atoms. The van der Waals surface area contributed by atoms with Gasteiger partial charge in [0.25, 0.3) is 0 Å². The molecule has 1 nitrogen and oxygen atoms in total. The van der Waals surface area contributed by atoms with Crippen LogP contribution in [-0.4, -0.2) is 12.1 Å². The zero-order valence-corrected chi connectivity index (χ0v) is 9.42. The van der Waals surface area contributed by atoms with Gasteiger partial charge < -0.3 is 5.32 Å². The maximum absolute atomic E-state index is 3.76. The van der Waals surface area contributed by atoms with E-state index in [0.717, 1.165) is 0 Å². The molecule has 1 aliphatic carbocycles. The maximum Gasteiger partial charge on any atom is 0.0276 e. The Morgan fingerprint density at radius 1 is 1.07 bits per heavy atom. The van der Waals surface area contributed by atoms with Crippen molar-refractivity contribution in [2.75, 3.05) is 6.54 Å². The summed E-state index contributed by atoms with van der Waals surface area (Å²) < 4.78 is 0. The van der Waals surface area contributed by atoms with Gasteiger partial charge in [0, 0.05) is 11.0 Å². The Morgan fingerprint density at radius 3 is 2.47 bits per heavy atom. The minimum Gasteiger partial charge on any atom is -0.310 e. The molecule has 3 rings (SSSR count). The van der Waals surface area contributed by atoms with Crippen molar-refractivity contribution in [2.45, 2.75) is 43.6 Å². The molecule has 1 aromatic rings. The van der Waals surface area contributed by atoms with Crippen LogP contribution < -0.4 is 5.32 Å². The Labute approximate surface area is 91.9 Å². The van der Waals surface area contributed by atoms with Crippen LogP contribution in [0.15, 0.2) is 30.3 Å². The summed E-state index contributed by atoms with van der Waals surface area (Å²) in [5.41, 5.74) is 2.33. The molecule has 1 saturated carbocycles. The molecule has 15 heavy (non-hydrogen) atoms. The number of hydrogen-bond acceptors (Lipinski definition) is 1. The van der Waals surface area contributed by atoms with Crippen molar-refractivity contribution in [3.8, 4) is 0 Å². The number of hydrogen-bond donors (Lipinski definition) is 1. The molecule has 0 aromatic heterocycles. The van der Waals surface area contributed by atoms with Crippen LogP contribution >= 0.6 is 0 Å². The van der Waals surface area contributed by atoms with Crippen LogP contribution in [0.5, 0.6) is 0 Å². The van der Waals surface area contributed by atoms with Crippen molar-refractivity contribution in [3.63, 3.8) is 0 Å². The molecular formula is C14H19N. The molecule has 2 aliphatic rings. The molecule has 1 aromatic carbocycles. The van der Waals surface area contributed by atoms with Crippen molar-refractivity contribution in [3.05, 3.63) is 35.9 Å². The average molecular weight is 201 g/mol. The molecule has 1 N–H and O–H groups in total. The number of rotatable bonds is 1. The van der Waals surface area contributed by atoms with Gasteiger partial charge in [0.15, 0.2) is 0 Å². The fourth-order valence-corrected chi connectivity index (χ4v) is 3.28. The largest absolute Gasteiger partial charge is 0.310 e. The number of nitrogens with one attached hydrogen (secondary N) is 1. The Hall–Kier alpha value is -0.820. The van der Waals surface area contributed by atoms with Gasteiger partial charge in [0.05, 0.1) is 0 Å². The highest BCUT2D eigenvalue weighted by molar-refractivity contribution is 5.35. The molecule has 1 unspecified atom stereocenters. The second-order valence-electron chi connectivity index (χ2n) is 5.31. The van der Waals surface area contributed by atoms with Crippen molar-refractivity contribution < 1.29 is 0 Å². The predicted octanol–water partition coefficient (Wildman–Crippen LogP) is 2.86. The van der Waals surface area contributed by atoms with Gasteiger partial charge in [0.2, 0.25) is 0 Å². The van der Waals surface area contributed by atoms with Crippen LogP contribution in [0.2, 0.25) is 0 Å². The van der Waals surface area contributed by atoms with Gasteiger partial charge in [-0.3, -0.25) is 0 Å². The molecule has 0 bridgehead atoms. The normalized spacial score (nSPS) is 32.9. The minimum absolute atomic E-state index is 0.368. The predicted molar refractivity (Wildman–Crippen MR) is 63.0 cm³/mol. The molecule has 80 valence electrons. The highest BCUT2D eigenvalue weighted by atomic mass is 15.1. The van der Waals surface area contributed by atoms with Crippen LogP contribution in [0.25, 0.3) is 0 Å². The van der Waals surface area contributed by atoms with Gasteiger partial charge in [-0.1, -0.05) is 37.3 Å². The third-order valence-corrected chi connectivity index (χ3v) is 4.53. The van der Waals surface area contributed by atoms with Crippen molar-refractivity contribution in [2.24, 2.45) is 0 Å². The standard InChI is InChI=1S/C14H19N/c1-13(12-6-3-2-4-7-12)8-5-11-15-14(13)9-10-14/h2-4,6-7,15H,5,8-11H2,1H3. The first-order valence-electron chi connectivity index (χ1n) is 6.07. The topological polar surface area (TPSA) is 12.0 Å². The Balaban J connectivity index is 2.01. The van der Waals surface area contributed by atoms with E-state index in [-0.39, 0.29) is 0 Å². The summed E-state index contributed by atoms with van der Waals surface area (Å²) in [6.45, 7) is 3.66. The maximum atomic E-state index is 3.76. The van der Waals surface area contributed by atoms with E-state index in [0.29, 0.717) is 11.0 Å². The van der Waals surface area contributed by atoms with Crippen LogP contribution in [0.4, 0.5) is 0 Å². The SMILES string of the molecule is CC1(c2ccccc2)CCCNC12CC2. The fourth-order valence-electron chi connectivity index (χ4n) is 3.28. The minimum atomic E-state index is 0.368. The summed E-state index contributed by atoms with van der Waals surface area (Å²) in [4.78, 5) is 0. The molecular weight excluding hydrogens is 182 g/mol. The lowest BCUT2D eigenvalue weighted by Crippen LogP contribution is -2.53. The van der Waals surface area contributed by atoms with Gasteiger partial charge in [-0.25, -0.2) is 0 Å². The third kappa shape index (κ3) is 1.26. The summed E-state index contributed by atoms with van der Waals surface area (Å²) in [6, 6.07) is 11.1. The van der Waals surface area contributed by atoms with E-state index >= 15 is 0 Å². The van der Waals surface area contributed by atoms with Gasteiger partial charge in [0.1, 0.15) is 0 Å². The molecule has 1 aliphatic heterocycles. The van der Waals surface area contributed by atoms with Crippen LogP contribution in [0.1, 0.15) is 38.2 Å². The Kier molecular flexibility index (Phi) is 1.93. The van der Waals surface area contributed by atoms with Gasteiger partial charge in [-0.15, -0.1) is 0 Å². The van der Waals surface area contributed by atoms with E-state index in [2.05, 4.69) is 42.6 Å². The van der Waals surface area contributed by atoms with Gasteiger partial charge >= 0.3 is 0 Å². The first kappa shape index (κ1) is 9.41. The molecule has 1 saturated heterocycles. The lowest BCUT2D eigenvalue weighted by molar-refractivity contribution is 0.226. The van der Waals surface area contributed by atoms with Crippen LogP contribution in [0, 0.1) is 0 Å². The molecule has 2 fully saturated rings. The van der Waals surface area contributed by atoms with E-state index in [1.54, 1.807) is 0 Å². The van der Waals surface area contributed by atoms with E-state index in [4.69, 9.17) is 0 Å². The fraction of sp³-hybridized carbons (Fsp3) is 0.571. The summed E-state index contributed by atoms with van der Waals surface area (Å²) >= 11 is 0. The van der Waals surface area contributed by atoms with E-state index in [1.807, 2.05) is 0 Å². The monoisotopic (exact) mass is 201 g/mol. The summed E-state index contributed by atoms with van der Waals surface area (Å²) in [6.07, 6.45) is 5.37. The lowest BCUT2D eigenvalue weighted by Gasteiger charge is -2.43. The Bertz CT molecular complexity index is 353. The van der Waals surface area contributed by atoms with Gasteiger partial charge in [-0.2, -0.15) is 0 Å². The summed E-state index contributed by atoms with van der Waals surface area (Å²) in [5.74, 6) is 0. The average Bonchev–Trinajstić information content (AvgIpc) is 3.06. The Morgan fingerprint density at radius 2 is 1.80 bits per heavy atom.